The first kappa shape index (κ1) is 32.6. The predicted molar refractivity (Wildman–Crippen MR) is 243 cm³/mol. The summed E-state index contributed by atoms with van der Waals surface area (Å²) in [5, 5.41) is 8.83. The fraction of sp³-hybridized carbons (Fsp3) is 0.0588. The minimum absolute atomic E-state index is 0.251. The van der Waals surface area contributed by atoms with Crippen molar-refractivity contribution in [3.05, 3.63) is 204 Å². The molecule has 1 N–H and O–H groups in total. The van der Waals surface area contributed by atoms with Gasteiger partial charge in [-0.05, 0) is 76.9 Å². The molecular weight excluding hydrogens is 733 g/mol. The molecular formula is C51H34N4S2. The van der Waals surface area contributed by atoms with Crippen molar-refractivity contribution in [3.63, 3.8) is 0 Å². The predicted octanol–water partition coefficient (Wildman–Crippen LogP) is 13.3. The summed E-state index contributed by atoms with van der Waals surface area (Å²) < 4.78 is 5.15. The van der Waals surface area contributed by atoms with E-state index in [1.807, 2.05) is 46.9 Å². The molecule has 2 aliphatic heterocycles. The van der Waals surface area contributed by atoms with E-state index < -0.39 is 0 Å². The SMILES string of the molecule is C1=CC2c3ccccc3N(c3ccc4sc5cccc(-c6cccc7sc8ccc(C9=NC(c%10ccccc%10)=NC(c%10ccccc%10)N9)cc8c67)c5c4c3)C2C=C1. The first-order chi connectivity index (χ1) is 28.2. The van der Waals surface area contributed by atoms with E-state index in [1.54, 1.807) is 0 Å². The zero-order chi connectivity index (χ0) is 37.5. The molecule has 4 heterocycles. The molecule has 4 nitrogen and oxygen atoms in total. The molecule has 0 saturated carbocycles. The third-order valence-corrected chi connectivity index (χ3v) is 13.9. The third kappa shape index (κ3) is 5.25. The van der Waals surface area contributed by atoms with Gasteiger partial charge >= 0.3 is 0 Å². The van der Waals surface area contributed by atoms with Crippen LogP contribution in [0.4, 0.5) is 11.4 Å². The molecule has 0 saturated heterocycles. The van der Waals surface area contributed by atoms with Crippen molar-refractivity contribution >= 4 is 86.1 Å². The molecule has 3 unspecified atom stereocenters. The highest BCUT2D eigenvalue weighted by Crippen LogP contribution is 2.50. The van der Waals surface area contributed by atoms with Crippen LogP contribution in [0.15, 0.2) is 192 Å². The standard InChI is InChI=1S/C51H34N4S2/c1-3-13-31(14-4-1)49-52-50(32-15-5-2-6-16-32)54-51(53-49)33-25-27-43-39(29-33)47-37(19-11-23-45(47)56-43)38-20-12-24-46-48(38)40-30-34(26-28-44(40)57-46)55-41-21-9-7-17-35(41)36-18-8-10-22-42(36)55/h1-30,35,41,49H,(H,52,53,54). The lowest BCUT2D eigenvalue weighted by atomic mass is 9.91. The highest BCUT2D eigenvalue weighted by Gasteiger charge is 2.37. The summed E-state index contributed by atoms with van der Waals surface area (Å²) in [4.78, 5) is 12.8. The second-order valence-electron chi connectivity index (χ2n) is 14.9. The molecule has 1 aliphatic carbocycles. The van der Waals surface area contributed by atoms with Crippen LogP contribution in [0.1, 0.15) is 34.3 Å². The lowest BCUT2D eigenvalue weighted by Gasteiger charge is -2.28. The van der Waals surface area contributed by atoms with Crippen LogP contribution in [-0.2, 0) is 0 Å². The third-order valence-electron chi connectivity index (χ3n) is 11.7. The van der Waals surface area contributed by atoms with Gasteiger partial charge in [0.1, 0.15) is 12.0 Å². The van der Waals surface area contributed by atoms with Gasteiger partial charge in [0.2, 0.25) is 0 Å². The Labute approximate surface area is 338 Å². The fourth-order valence-electron chi connectivity index (χ4n) is 9.10. The van der Waals surface area contributed by atoms with Crippen molar-refractivity contribution in [2.45, 2.75) is 18.1 Å². The zero-order valence-corrected chi connectivity index (χ0v) is 32.3. The van der Waals surface area contributed by atoms with E-state index >= 15 is 0 Å². The number of rotatable bonds is 5. The fourth-order valence-corrected chi connectivity index (χ4v) is 11.3. The number of amidine groups is 2. The molecule has 0 bridgehead atoms. The van der Waals surface area contributed by atoms with E-state index in [0.717, 1.165) is 28.4 Å². The van der Waals surface area contributed by atoms with Crippen LogP contribution < -0.4 is 10.2 Å². The van der Waals surface area contributed by atoms with Crippen molar-refractivity contribution < 1.29 is 0 Å². The van der Waals surface area contributed by atoms with Gasteiger partial charge in [0.25, 0.3) is 0 Å². The van der Waals surface area contributed by atoms with E-state index in [2.05, 4.69) is 168 Å². The molecule has 12 rings (SSSR count). The van der Waals surface area contributed by atoms with Crippen LogP contribution >= 0.6 is 22.7 Å². The summed E-state index contributed by atoms with van der Waals surface area (Å²) in [6.07, 6.45) is 8.85. The molecule has 0 radical (unpaired) electrons. The maximum Gasteiger partial charge on any atom is 0.159 e. The number of thiophene rings is 2. The summed E-state index contributed by atoms with van der Waals surface area (Å²) in [6.45, 7) is 0. The lowest BCUT2D eigenvalue weighted by molar-refractivity contribution is 0.674. The zero-order valence-electron chi connectivity index (χ0n) is 30.7. The van der Waals surface area contributed by atoms with E-state index in [1.165, 1.54) is 68.4 Å². The van der Waals surface area contributed by atoms with Crippen LogP contribution in [0, 0.1) is 0 Å². The van der Waals surface area contributed by atoms with Crippen molar-refractivity contribution in [1.82, 2.24) is 5.32 Å². The van der Waals surface area contributed by atoms with Gasteiger partial charge in [0, 0.05) is 68.8 Å². The van der Waals surface area contributed by atoms with Gasteiger partial charge < -0.3 is 10.2 Å². The molecule has 7 aromatic carbocycles. The van der Waals surface area contributed by atoms with Gasteiger partial charge in [-0.15, -0.1) is 22.7 Å². The summed E-state index contributed by atoms with van der Waals surface area (Å²) in [5.74, 6) is 1.90. The van der Waals surface area contributed by atoms with Crippen molar-refractivity contribution in [1.29, 1.82) is 0 Å². The second-order valence-corrected chi connectivity index (χ2v) is 17.1. The van der Waals surface area contributed by atoms with Crippen molar-refractivity contribution in [3.8, 4) is 11.1 Å². The lowest BCUT2D eigenvalue weighted by Crippen LogP contribution is -2.33. The average Bonchev–Trinajstić information content (AvgIpc) is 3.96. The van der Waals surface area contributed by atoms with Gasteiger partial charge in [-0.25, -0.2) is 9.98 Å². The van der Waals surface area contributed by atoms with Crippen LogP contribution in [-0.4, -0.2) is 17.7 Å². The highest BCUT2D eigenvalue weighted by atomic mass is 32.1. The number of nitrogens with zero attached hydrogens (tertiary/aromatic N) is 3. The van der Waals surface area contributed by atoms with E-state index in [9.17, 15) is 0 Å². The van der Waals surface area contributed by atoms with Gasteiger partial charge in [0.05, 0.1) is 6.04 Å². The second kappa shape index (κ2) is 13.0. The van der Waals surface area contributed by atoms with Gasteiger partial charge in [-0.2, -0.15) is 0 Å². The summed E-state index contributed by atoms with van der Waals surface area (Å²) >= 11 is 3.74. The molecule has 0 spiro atoms. The summed E-state index contributed by atoms with van der Waals surface area (Å²) in [6, 6.07) is 57.4. The van der Waals surface area contributed by atoms with E-state index in [-0.39, 0.29) is 12.2 Å². The molecule has 0 fully saturated rings. The Morgan fingerprint density at radius 2 is 1.21 bits per heavy atom. The largest absolute Gasteiger partial charge is 0.344 e. The van der Waals surface area contributed by atoms with E-state index in [4.69, 9.17) is 9.98 Å². The molecule has 9 aromatic rings. The maximum atomic E-state index is 5.15. The molecule has 6 heteroatoms. The number of aliphatic imine (C=N–C) groups is 2. The van der Waals surface area contributed by atoms with Gasteiger partial charge in [0.15, 0.2) is 5.84 Å². The molecule has 2 aromatic heterocycles. The number of anilines is 2. The molecule has 0 amide bonds. The minimum Gasteiger partial charge on any atom is -0.344 e. The van der Waals surface area contributed by atoms with Crippen molar-refractivity contribution in [2.75, 3.05) is 4.90 Å². The van der Waals surface area contributed by atoms with Gasteiger partial charge in [-0.1, -0.05) is 127 Å². The number of fused-ring (bicyclic) bond motifs is 9. The number of allylic oxidation sites excluding steroid dienone is 2. The average molecular weight is 767 g/mol. The first-order valence-electron chi connectivity index (χ1n) is 19.4. The Balaban J connectivity index is 1.01. The molecule has 270 valence electrons. The number of hydrogen-bond donors (Lipinski definition) is 1. The van der Waals surface area contributed by atoms with E-state index in [0.29, 0.717) is 5.92 Å². The Morgan fingerprint density at radius 1 is 0.544 bits per heavy atom. The van der Waals surface area contributed by atoms with Gasteiger partial charge in [-0.3, -0.25) is 0 Å². The van der Waals surface area contributed by atoms with Crippen LogP contribution in [0.5, 0.6) is 0 Å². The summed E-state index contributed by atoms with van der Waals surface area (Å²) in [5.41, 5.74) is 9.58. The number of hydrogen-bond acceptors (Lipinski definition) is 6. The van der Waals surface area contributed by atoms with Crippen molar-refractivity contribution in [2.24, 2.45) is 9.98 Å². The molecule has 3 atom stereocenters. The van der Waals surface area contributed by atoms with Crippen LogP contribution in [0.3, 0.4) is 0 Å². The Morgan fingerprint density at radius 3 is 1.98 bits per heavy atom. The monoisotopic (exact) mass is 766 g/mol. The van der Waals surface area contributed by atoms with Crippen LogP contribution in [0.25, 0.3) is 51.5 Å². The Bertz CT molecular complexity index is 3190. The highest BCUT2D eigenvalue weighted by molar-refractivity contribution is 7.26. The maximum absolute atomic E-state index is 5.15. The Kier molecular flexibility index (Phi) is 7.43. The molecule has 3 aliphatic rings. The number of benzene rings is 7. The number of nitrogens with one attached hydrogen (secondary N) is 1. The summed E-state index contributed by atoms with van der Waals surface area (Å²) in [7, 11) is 0. The van der Waals surface area contributed by atoms with Crippen LogP contribution in [0.2, 0.25) is 0 Å². The first-order valence-corrected chi connectivity index (χ1v) is 21.1. The Hall–Kier alpha value is -6.60. The normalized spacial score (nSPS) is 18.5. The molecule has 57 heavy (non-hydrogen) atoms. The minimum atomic E-state index is -0.251. The quantitative estimate of drug-likeness (QED) is 0.189. The topological polar surface area (TPSA) is 40.0 Å². The number of para-hydroxylation sites is 1. The smallest absolute Gasteiger partial charge is 0.159 e.